The summed E-state index contributed by atoms with van der Waals surface area (Å²) in [6.07, 6.45) is -0.369. The van der Waals surface area contributed by atoms with Crippen LogP contribution in [0, 0.1) is 6.92 Å². The number of aryl methyl sites for hydroxylation is 1. The molecule has 0 bridgehead atoms. The second-order valence-electron chi connectivity index (χ2n) is 2.85. The van der Waals surface area contributed by atoms with Crippen molar-refractivity contribution in [1.29, 1.82) is 0 Å². The summed E-state index contributed by atoms with van der Waals surface area (Å²) in [5, 5.41) is 2.60. The van der Waals surface area contributed by atoms with Crippen molar-refractivity contribution in [2.24, 2.45) is 0 Å². The van der Waals surface area contributed by atoms with E-state index in [1.54, 1.807) is 0 Å². The number of ether oxygens (including phenoxy) is 1. The molecule has 1 aromatic carbocycles. The second-order valence-corrected chi connectivity index (χ2v) is 2.85. The van der Waals surface area contributed by atoms with E-state index in [1.165, 1.54) is 5.56 Å². The highest BCUT2D eigenvalue weighted by Gasteiger charge is 2.14. The van der Waals surface area contributed by atoms with Gasteiger partial charge in [0.2, 0.25) is 0 Å². The number of carbonyl (C=O) groups excluding carboxylic acids is 1. The number of hydrogen-bond donors (Lipinski definition) is 1. The number of benzene rings is 1. The van der Waals surface area contributed by atoms with Crippen LogP contribution in [0.3, 0.4) is 0 Å². The van der Waals surface area contributed by atoms with Gasteiger partial charge in [0, 0.05) is 12.1 Å². The Hall–Kier alpha value is -1.51. The molecule has 1 amide bonds. The summed E-state index contributed by atoms with van der Waals surface area (Å²) in [6, 6.07) is 5.76. The van der Waals surface area contributed by atoms with Crippen LogP contribution in [0.1, 0.15) is 11.1 Å². The summed E-state index contributed by atoms with van der Waals surface area (Å²) in [7, 11) is 0. The van der Waals surface area contributed by atoms with Crippen LogP contribution in [-0.2, 0) is 6.54 Å². The number of amides is 1. The lowest BCUT2D eigenvalue weighted by Crippen LogP contribution is -2.31. The highest BCUT2D eigenvalue weighted by atomic mass is 16.6. The molecule has 1 N–H and O–H groups in total. The summed E-state index contributed by atoms with van der Waals surface area (Å²) in [5.41, 5.74) is 2.21. The molecule has 62 valence electrons. The first kappa shape index (κ1) is 7.16. The van der Waals surface area contributed by atoms with E-state index in [2.05, 4.69) is 5.32 Å². The average molecular weight is 163 g/mol. The molecule has 0 atom stereocenters. The molecule has 0 fully saturated rings. The predicted molar refractivity (Wildman–Crippen MR) is 44.0 cm³/mol. The van der Waals surface area contributed by atoms with Gasteiger partial charge in [0.1, 0.15) is 5.75 Å². The average Bonchev–Trinajstić information content (AvgIpc) is 2.05. The Morgan fingerprint density at radius 1 is 1.50 bits per heavy atom. The fourth-order valence-electron chi connectivity index (χ4n) is 1.25. The summed E-state index contributed by atoms with van der Waals surface area (Å²) >= 11 is 0. The molecule has 3 nitrogen and oxygen atoms in total. The molecule has 1 aliphatic rings. The van der Waals surface area contributed by atoms with E-state index in [0.29, 0.717) is 12.3 Å². The van der Waals surface area contributed by atoms with Gasteiger partial charge in [-0.2, -0.15) is 0 Å². The smallest absolute Gasteiger partial charge is 0.410 e. The predicted octanol–water partition coefficient (Wildman–Crippen LogP) is 1.60. The Kier molecular flexibility index (Phi) is 1.50. The Morgan fingerprint density at radius 3 is 3.17 bits per heavy atom. The molecule has 2 rings (SSSR count). The van der Waals surface area contributed by atoms with Crippen LogP contribution in [0.15, 0.2) is 18.2 Å². The summed E-state index contributed by atoms with van der Waals surface area (Å²) < 4.78 is 4.94. The lowest BCUT2D eigenvalue weighted by molar-refractivity contribution is 0.194. The molecule has 3 heteroatoms. The maximum atomic E-state index is 10.8. The summed E-state index contributed by atoms with van der Waals surface area (Å²) in [5.74, 6) is 0.671. The van der Waals surface area contributed by atoms with Crippen molar-refractivity contribution >= 4 is 6.09 Å². The van der Waals surface area contributed by atoms with Crippen LogP contribution < -0.4 is 10.1 Å². The van der Waals surface area contributed by atoms with Crippen molar-refractivity contribution in [3.8, 4) is 5.75 Å². The largest absolute Gasteiger partial charge is 0.412 e. The van der Waals surface area contributed by atoms with Crippen molar-refractivity contribution in [2.75, 3.05) is 0 Å². The van der Waals surface area contributed by atoms with Gasteiger partial charge in [0.15, 0.2) is 0 Å². The zero-order valence-electron chi connectivity index (χ0n) is 6.76. The Labute approximate surface area is 70.3 Å². The normalized spacial score (nSPS) is 14.6. The van der Waals surface area contributed by atoms with Crippen molar-refractivity contribution in [2.45, 2.75) is 13.5 Å². The zero-order valence-corrected chi connectivity index (χ0v) is 6.76. The number of fused-ring (bicyclic) bond motifs is 1. The Bertz CT molecular complexity index is 333. The third kappa shape index (κ3) is 1.13. The van der Waals surface area contributed by atoms with Crippen LogP contribution in [0.2, 0.25) is 0 Å². The van der Waals surface area contributed by atoms with Gasteiger partial charge in [0.25, 0.3) is 0 Å². The van der Waals surface area contributed by atoms with Gasteiger partial charge >= 0.3 is 6.09 Å². The minimum absolute atomic E-state index is 0.369. The van der Waals surface area contributed by atoms with E-state index >= 15 is 0 Å². The number of hydrogen-bond acceptors (Lipinski definition) is 2. The van der Waals surface area contributed by atoms with Gasteiger partial charge in [-0.15, -0.1) is 0 Å². The molecule has 0 saturated heterocycles. The van der Waals surface area contributed by atoms with E-state index in [-0.39, 0.29) is 6.09 Å². The van der Waals surface area contributed by atoms with Crippen molar-refractivity contribution in [1.82, 2.24) is 5.32 Å². The summed E-state index contributed by atoms with van der Waals surface area (Å²) in [4.78, 5) is 10.8. The fraction of sp³-hybridized carbons (Fsp3) is 0.222. The lowest BCUT2D eigenvalue weighted by Gasteiger charge is -2.16. The van der Waals surface area contributed by atoms with Crippen LogP contribution in [0.25, 0.3) is 0 Å². The van der Waals surface area contributed by atoms with E-state index in [1.807, 2.05) is 25.1 Å². The monoisotopic (exact) mass is 163 g/mol. The first-order chi connectivity index (χ1) is 5.75. The van der Waals surface area contributed by atoms with Crippen molar-refractivity contribution in [3.63, 3.8) is 0 Å². The Morgan fingerprint density at radius 2 is 2.33 bits per heavy atom. The zero-order chi connectivity index (χ0) is 8.55. The molecule has 0 unspecified atom stereocenters. The van der Waals surface area contributed by atoms with Crippen LogP contribution >= 0.6 is 0 Å². The molecule has 0 aromatic heterocycles. The molecule has 0 radical (unpaired) electrons. The Balaban J connectivity index is 2.43. The molecule has 0 spiro atoms. The highest BCUT2D eigenvalue weighted by Crippen LogP contribution is 2.22. The first-order valence-corrected chi connectivity index (χ1v) is 3.81. The third-order valence-electron chi connectivity index (χ3n) is 1.84. The van der Waals surface area contributed by atoms with Crippen LogP contribution in [-0.4, -0.2) is 6.09 Å². The van der Waals surface area contributed by atoms with Crippen molar-refractivity contribution < 1.29 is 9.53 Å². The van der Waals surface area contributed by atoms with Crippen LogP contribution in [0.5, 0.6) is 5.75 Å². The highest BCUT2D eigenvalue weighted by molar-refractivity contribution is 5.73. The molecule has 1 aromatic rings. The maximum Gasteiger partial charge on any atom is 0.412 e. The van der Waals surface area contributed by atoms with Crippen molar-refractivity contribution in [3.05, 3.63) is 29.3 Å². The molecule has 1 heterocycles. The standard InChI is InChI=1S/C9H9NO2/c1-6-2-3-8-7(4-6)5-10-9(11)12-8/h2-4H,5H2,1H3,(H,10,11). The van der Waals surface area contributed by atoms with Crippen LogP contribution in [0.4, 0.5) is 4.79 Å². The minimum Gasteiger partial charge on any atom is -0.410 e. The molecule has 0 saturated carbocycles. The number of nitrogens with one attached hydrogen (secondary N) is 1. The number of rotatable bonds is 0. The fourth-order valence-corrected chi connectivity index (χ4v) is 1.25. The molecular weight excluding hydrogens is 154 g/mol. The minimum atomic E-state index is -0.369. The van der Waals surface area contributed by atoms with E-state index in [0.717, 1.165) is 5.56 Å². The van der Waals surface area contributed by atoms with Gasteiger partial charge in [-0.25, -0.2) is 4.79 Å². The second kappa shape index (κ2) is 2.52. The molecule has 1 aliphatic heterocycles. The quantitative estimate of drug-likeness (QED) is 0.630. The summed E-state index contributed by atoms with van der Waals surface area (Å²) in [6.45, 7) is 2.58. The van der Waals surface area contributed by atoms with Gasteiger partial charge in [-0.3, -0.25) is 0 Å². The van der Waals surface area contributed by atoms with E-state index in [9.17, 15) is 4.79 Å². The van der Waals surface area contributed by atoms with E-state index < -0.39 is 0 Å². The third-order valence-corrected chi connectivity index (χ3v) is 1.84. The van der Waals surface area contributed by atoms with Gasteiger partial charge in [-0.1, -0.05) is 17.7 Å². The number of carbonyl (C=O) groups is 1. The topological polar surface area (TPSA) is 38.3 Å². The maximum absolute atomic E-state index is 10.8. The van der Waals surface area contributed by atoms with Gasteiger partial charge in [0.05, 0.1) is 0 Å². The molecule has 12 heavy (non-hydrogen) atoms. The van der Waals surface area contributed by atoms with Gasteiger partial charge < -0.3 is 10.1 Å². The lowest BCUT2D eigenvalue weighted by atomic mass is 10.1. The van der Waals surface area contributed by atoms with Gasteiger partial charge in [-0.05, 0) is 13.0 Å². The first-order valence-electron chi connectivity index (χ1n) is 3.81. The SMILES string of the molecule is Cc1ccc2c(c1)CNC(=O)O2. The molecular formula is C9H9NO2. The molecule has 0 aliphatic carbocycles. The van der Waals surface area contributed by atoms with E-state index in [4.69, 9.17) is 4.74 Å².